The number of carbonyl (C=O) groups is 2. The molecule has 126 valence electrons. The fourth-order valence-corrected chi connectivity index (χ4v) is 3.85. The maximum Gasteiger partial charge on any atom is 0.228 e. The van der Waals surface area contributed by atoms with Gasteiger partial charge in [0.05, 0.1) is 23.2 Å². The number of hydrogen-bond donors (Lipinski definition) is 2. The highest BCUT2D eigenvalue weighted by Crippen LogP contribution is 2.33. The van der Waals surface area contributed by atoms with Crippen LogP contribution in [0.25, 0.3) is 0 Å². The molecule has 2 heterocycles. The van der Waals surface area contributed by atoms with Crippen molar-refractivity contribution in [1.82, 2.24) is 10.3 Å². The Morgan fingerprint density at radius 2 is 2.29 bits per heavy atom. The van der Waals surface area contributed by atoms with E-state index in [1.54, 1.807) is 11.3 Å². The summed E-state index contributed by atoms with van der Waals surface area (Å²) in [4.78, 5) is 29.8. The van der Waals surface area contributed by atoms with E-state index in [0.29, 0.717) is 17.8 Å². The molecule has 1 atom stereocenters. The first-order valence-corrected chi connectivity index (χ1v) is 8.61. The Morgan fingerprint density at radius 3 is 3.04 bits per heavy atom. The molecule has 3 rings (SSSR count). The first kappa shape index (κ1) is 16.6. The highest BCUT2D eigenvalue weighted by molar-refractivity contribution is 7.11. The molecule has 2 aromatic rings. The van der Waals surface area contributed by atoms with E-state index in [4.69, 9.17) is 0 Å². The summed E-state index contributed by atoms with van der Waals surface area (Å²) in [5.74, 6) is -1.61. The molecule has 0 unspecified atom stereocenters. The van der Waals surface area contributed by atoms with E-state index in [0.717, 1.165) is 22.0 Å². The highest BCUT2D eigenvalue weighted by Gasteiger charge is 2.31. The summed E-state index contributed by atoms with van der Waals surface area (Å²) >= 11 is 1.55. The van der Waals surface area contributed by atoms with Crippen molar-refractivity contribution < 1.29 is 14.0 Å². The molecule has 0 aliphatic carbocycles. The smallest absolute Gasteiger partial charge is 0.228 e. The second kappa shape index (κ2) is 6.68. The van der Waals surface area contributed by atoms with Crippen LogP contribution in [0.3, 0.4) is 0 Å². The standard InChI is InChI=1S/C17H18FN3O2S/c1-3-13-15(24-9(2)20-13)8-19-17(23)12-7-16(22)21-14-5-4-10(18)6-11(12)14/h4-6,12H,3,7-8H2,1-2H3,(H,19,23)(H,21,22)/t12-/m1/s1. The van der Waals surface area contributed by atoms with Gasteiger partial charge in [-0.1, -0.05) is 6.92 Å². The molecule has 0 saturated carbocycles. The summed E-state index contributed by atoms with van der Waals surface area (Å²) in [6.07, 6.45) is 0.820. The second-order valence-electron chi connectivity index (χ2n) is 5.71. The van der Waals surface area contributed by atoms with Crippen LogP contribution in [0.5, 0.6) is 0 Å². The van der Waals surface area contributed by atoms with E-state index < -0.39 is 11.7 Å². The Morgan fingerprint density at radius 1 is 1.50 bits per heavy atom. The van der Waals surface area contributed by atoms with Crippen molar-refractivity contribution in [2.24, 2.45) is 0 Å². The van der Waals surface area contributed by atoms with E-state index in [-0.39, 0.29) is 18.2 Å². The maximum atomic E-state index is 13.5. The van der Waals surface area contributed by atoms with Crippen molar-refractivity contribution in [3.63, 3.8) is 0 Å². The lowest BCUT2D eigenvalue weighted by atomic mass is 9.89. The molecule has 0 spiro atoms. The Hall–Kier alpha value is -2.28. The Kier molecular flexibility index (Phi) is 4.62. The van der Waals surface area contributed by atoms with Gasteiger partial charge in [-0.2, -0.15) is 0 Å². The van der Waals surface area contributed by atoms with Crippen molar-refractivity contribution in [1.29, 1.82) is 0 Å². The van der Waals surface area contributed by atoms with Crippen LogP contribution in [0.4, 0.5) is 10.1 Å². The monoisotopic (exact) mass is 347 g/mol. The number of thiazole rings is 1. The molecule has 5 nitrogen and oxygen atoms in total. The predicted octanol–water partition coefficient (Wildman–Crippen LogP) is 2.90. The van der Waals surface area contributed by atoms with Crippen LogP contribution in [0.2, 0.25) is 0 Å². The van der Waals surface area contributed by atoms with Crippen LogP contribution in [0, 0.1) is 12.7 Å². The number of carbonyl (C=O) groups excluding carboxylic acids is 2. The zero-order chi connectivity index (χ0) is 17.3. The minimum Gasteiger partial charge on any atom is -0.351 e. The summed E-state index contributed by atoms with van der Waals surface area (Å²) in [6, 6.07) is 4.07. The lowest BCUT2D eigenvalue weighted by molar-refractivity contribution is -0.126. The SMILES string of the molecule is CCc1nc(C)sc1CNC(=O)[C@@H]1CC(=O)Nc2ccc(F)cc21. The zero-order valence-corrected chi connectivity index (χ0v) is 14.3. The quantitative estimate of drug-likeness (QED) is 0.893. The molecule has 0 saturated heterocycles. The number of halogens is 1. The molecule has 7 heteroatoms. The topological polar surface area (TPSA) is 71.1 Å². The number of fused-ring (bicyclic) bond motifs is 1. The molecule has 1 aromatic heterocycles. The van der Waals surface area contributed by atoms with Gasteiger partial charge in [-0.25, -0.2) is 9.37 Å². The summed E-state index contributed by atoms with van der Waals surface area (Å²) < 4.78 is 13.5. The third kappa shape index (κ3) is 3.31. The van der Waals surface area contributed by atoms with Gasteiger partial charge in [0.25, 0.3) is 0 Å². The molecule has 0 bridgehead atoms. The number of rotatable bonds is 4. The van der Waals surface area contributed by atoms with Gasteiger partial charge in [-0.3, -0.25) is 9.59 Å². The number of nitrogens with one attached hydrogen (secondary N) is 2. The minimum absolute atomic E-state index is 0.0185. The van der Waals surface area contributed by atoms with Gasteiger partial charge < -0.3 is 10.6 Å². The van der Waals surface area contributed by atoms with Crippen molar-refractivity contribution in [3.05, 3.63) is 45.2 Å². The highest BCUT2D eigenvalue weighted by atomic mass is 32.1. The van der Waals surface area contributed by atoms with Gasteiger partial charge in [0, 0.05) is 17.0 Å². The van der Waals surface area contributed by atoms with Crippen LogP contribution >= 0.6 is 11.3 Å². The van der Waals surface area contributed by atoms with Gasteiger partial charge in [0.15, 0.2) is 0 Å². The number of aromatic nitrogens is 1. The number of aryl methyl sites for hydroxylation is 2. The van der Waals surface area contributed by atoms with Crippen molar-refractivity contribution >= 4 is 28.8 Å². The fourth-order valence-electron chi connectivity index (χ4n) is 2.88. The van der Waals surface area contributed by atoms with Gasteiger partial charge in [0.2, 0.25) is 11.8 Å². The molecule has 2 amide bonds. The molecule has 1 aliphatic rings. The van der Waals surface area contributed by atoms with Gasteiger partial charge in [-0.15, -0.1) is 11.3 Å². The van der Waals surface area contributed by atoms with Crippen LogP contribution in [0.1, 0.15) is 40.4 Å². The number of amides is 2. The molecule has 0 radical (unpaired) electrons. The largest absolute Gasteiger partial charge is 0.351 e. The van der Waals surface area contributed by atoms with Crippen LogP contribution in [-0.2, 0) is 22.6 Å². The number of benzene rings is 1. The normalized spacial score (nSPS) is 16.5. The summed E-state index contributed by atoms with van der Waals surface area (Å²) in [5.41, 5.74) is 1.99. The van der Waals surface area contributed by atoms with Crippen molar-refractivity contribution in [2.75, 3.05) is 5.32 Å². The molecular weight excluding hydrogens is 329 g/mol. The lowest BCUT2D eigenvalue weighted by Gasteiger charge is -2.24. The lowest BCUT2D eigenvalue weighted by Crippen LogP contribution is -2.34. The molecule has 24 heavy (non-hydrogen) atoms. The first-order valence-electron chi connectivity index (χ1n) is 7.80. The Balaban J connectivity index is 1.78. The second-order valence-corrected chi connectivity index (χ2v) is 7.00. The molecular formula is C17H18FN3O2S. The van der Waals surface area contributed by atoms with Crippen molar-refractivity contribution in [2.45, 2.75) is 39.2 Å². The van der Waals surface area contributed by atoms with Gasteiger partial charge in [-0.05, 0) is 37.1 Å². The molecule has 2 N–H and O–H groups in total. The summed E-state index contributed by atoms with van der Waals surface area (Å²) in [7, 11) is 0. The van der Waals surface area contributed by atoms with E-state index in [1.807, 2.05) is 13.8 Å². The third-order valence-corrected chi connectivity index (χ3v) is 5.03. The zero-order valence-electron chi connectivity index (χ0n) is 13.5. The van der Waals surface area contributed by atoms with Crippen LogP contribution in [-0.4, -0.2) is 16.8 Å². The Bertz CT molecular complexity index is 803. The van der Waals surface area contributed by atoms with Crippen LogP contribution in [0.15, 0.2) is 18.2 Å². The fraction of sp³-hybridized carbons (Fsp3) is 0.353. The van der Waals surface area contributed by atoms with E-state index in [1.165, 1.54) is 18.2 Å². The van der Waals surface area contributed by atoms with Crippen molar-refractivity contribution in [3.8, 4) is 0 Å². The van der Waals surface area contributed by atoms with E-state index in [2.05, 4.69) is 15.6 Å². The van der Waals surface area contributed by atoms with Crippen LogP contribution < -0.4 is 10.6 Å². The average Bonchev–Trinajstić information content (AvgIpc) is 2.92. The number of nitrogens with zero attached hydrogens (tertiary/aromatic N) is 1. The maximum absolute atomic E-state index is 13.5. The van der Waals surface area contributed by atoms with Gasteiger partial charge in [0.1, 0.15) is 5.82 Å². The van der Waals surface area contributed by atoms with E-state index >= 15 is 0 Å². The minimum atomic E-state index is -0.677. The number of hydrogen-bond acceptors (Lipinski definition) is 4. The number of anilines is 1. The molecule has 1 aliphatic heterocycles. The summed E-state index contributed by atoms with van der Waals surface area (Å²) in [6.45, 7) is 4.32. The molecule has 0 fully saturated rings. The van der Waals surface area contributed by atoms with Gasteiger partial charge >= 0.3 is 0 Å². The van der Waals surface area contributed by atoms with E-state index in [9.17, 15) is 14.0 Å². The Labute approximate surface area is 143 Å². The third-order valence-electron chi connectivity index (χ3n) is 4.01. The average molecular weight is 347 g/mol. The predicted molar refractivity (Wildman–Crippen MR) is 90.5 cm³/mol. The first-order chi connectivity index (χ1) is 11.5. The molecule has 1 aromatic carbocycles. The summed E-state index contributed by atoms with van der Waals surface area (Å²) in [5, 5.41) is 6.50.